The highest BCUT2D eigenvalue weighted by molar-refractivity contribution is 5.20. The highest BCUT2D eigenvalue weighted by Crippen LogP contribution is 2.35. The lowest BCUT2D eigenvalue weighted by Gasteiger charge is -2.48. The average Bonchev–Trinajstić information content (AvgIpc) is 3.57. The molecule has 79 heavy (non-hydrogen) atoms. The van der Waals surface area contributed by atoms with Gasteiger partial charge in [0.15, 0.2) is 12.6 Å². The minimum absolute atomic E-state index is 0.0321. The lowest BCUT2D eigenvalue weighted by molar-refractivity contribution is -0.354. The van der Waals surface area contributed by atoms with Crippen LogP contribution in [0.4, 0.5) is 0 Å². The molecule has 11 nitrogen and oxygen atoms in total. The lowest BCUT2D eigenvalue weighted by atomic mass is 9.96. The van der Waals surface area contributed by atoms with E-state index < -0.39 is 61.4 Å². The molecule has 0 saturated carbocycles. The third kappa shape index (κ3) is 16.7. The van der Waals surface area contributed by atoms with Gasteiger partial charge in [0.05, 0.1) is 66.1 Å². The summed E-state index contributed by atoms with van der Waals surface area (Å²) in [6, 6.07) is 80.6. The van der Waals surface area contributed by atoms with Crippen molar-refractivity contribution in [1.82, 2.24) is 0 Å². The Bertz CT molecular complexity index is 2890. The van der Waals surface area contributed by atoms with Gasteiger partial charge in [-0.1, -0.05) is 243 Å². The summed E-state index contributed by atoms with van der Waals surface area (Å²) < 4.78 is 77.0. The van der Waals surface area contributed by atoms with Crippen LogP contribution in [0.2, 0.25) is 0 Å². The van der Waals surface area contributed by atoms with E-state index in [2.05, 4.69) is 0 Å². The molecule has 0 spiro atoms. The predicted molar refractivity (Wildman–Crippen MR) is 301 cm³/mol. The van der Waals surface area contributed by atoms with E-state index in [0.29, 0.717) is 13.2 Å². The monoisotopic (exact) mass is 1060 g/mol. The van der Waals surface area contributed by atoms with E-state index in [0.717, 1.165) is 44.5 Å². The van der Waals surface area contributed by atoms with E-state index in [1.165, 1.54) is 0 Å². The molecule has 0 amide bonds. The molecule has 10 rings (SSSR count). The molecule has 2 aliphatic heterocycles. The van der Waals surface area contributed by atoms with Gasteiger partial charge in [-0.25, -0.2) is 0 Å². The van der Waals surface area contributed by atoms with Crippen LogP contribution in [0.25, 0.3) is 0 Å². The van der Waals surface area contributed by atoms with Gasteiger partial charge in [0.1, 0.15) is 48.8 Å². The van der Waals surface area contributed by atoms with Crippen molar-refractivity contribution in [2.75, 3.05) is 13.2 Å². The average molecular weight is 1060 g/mol. The summed E-state index contributed by atoms with van der Waals surface area (Å²) in [5, 5.41) is 0. The van der Waals surface area contributed by atoms with Crippen LogP contribution in [-0.2, 0) is 105 Å². The molecule has 8 aromatic rings. The van der Waals surface area contributed by atoms with Gasteiger partial charge < -0.3 is 52.1 Å². The summed E-state index contributed by atoms with van der Waals surface area (Å²) in [7, 11) is 0. The van der Waals surface area contributed by atoms with Gasteiger partial charge in [0, 0.05) is 0 Å². The normalized spacial score (nSPS) is 23.0. The molecule has 0 N–H and O–H groups in total. The van der Waals surface area contributed by atoms with Crippen LogP contribution in [0.3, 0.4) is 0 Å². The molecular weight excluding hydrogens is 993 g/mol. The maximum Gasteiger partial charge on any atom is 0.187 e. The fraction of sp³-hybridized carbons (Fsp3) is 0.294. The highest BCUT2D eigenvalue weighted by atomic mass is 16.8. The van der Waals surface area contributed by atoms with Crippen molar-refractivity contribution in [1.29, 1.82) is 0 Å². The zero-order chi connectivity index (χ0) is 53.5. The Morgan fingerprint density at radius 1 is 0.215 bits per heavy atom. The molecule has 0 bridgehead atoms. The number of rotatable bonds is 28. The third-order valence-corrected chi connectivity index (χ3v) is 14.0. The Labute approximate surface area is 464 Å². The minimum Gasteiger partial charge on any atom is -0.374 e. The Hall–Kier alpha value is -6.68. The van der Waals surface area contributed by atoms with Crippen molar-refractivity contribution < 1.29 is 52.1 Å². The van der Waals surface area contributed by atoms with Crippen molar-refractivity contribution in [2.24, 2.45) is 0 Å². The molecule has 408 valence electrons. The first-order chi connectivity index (χ1) is 39.2. The van der Waals surface area contributed by atoms with Gasteiger partial charge in [0.2, 0.25) is 0 Å². The van der Waals surface area contributed by atoms with Crippen molar-refractivity contribution >= 4 is 0 Å². The molecule has 2 heterocycles. The Kier molecular flexibility index (Phi) is 21.2. The lowest BCUT2D eigenvalue weighted by Crippen LogP contribution is -2.64. The second-order valence-corrected chi connectivity index (χ2v) is 19.8. The zero-order valence-corrected chi connectivity index (χ0v) is 44.4. The van der Waals surface area contributed by atoms with Crippen molar-refractivity contribution in [2.45, 2.75) is 114 Å². The van der Waals surface area contributed by atoms with E-state index in [1.54, 1.807) is 0 Å². The largest absolute Gasteiger partial charge is 0.374 e. The van der Waals surface area contributed by atoms with Crippen LogP contribution in [0.1, 0.15) is 44.5 Å². The second-order valence-electron chi connectivity index (χ2n) is 19.8. The maximum atomic E-state index is 7.19. The molecule has 2 aliphatic rings. The minimum atomic E-state index is -1.02. The molecule has 0 unspecified atom stereocenters. The Balaban J connectivity index is 1.01. The maximum absolute atomic E-state index is 7.19. The van der Waals surface area contributed by atoms with Gasteiger partial charge >= 0.3 is 0 Å². The first-order valence-electron chi connectivity index (χ1n) is 27.3. The first kappa shape index (κ1) is 55.6. The summed E-state index contributed by atoms with van der Waals surface area (Å²) in [6.07, 6.45) is -7.82. The standard InChI is InChI=1S/C68H70O11/c1-9-25-51(26-10-1)41-69-49-59-61(70-42-52-27-11-2-12-28-52)63(72-44-54-31-15-4-16-32-54)66(75-47-57-37-21-7-22-38-57)68(78-59)77-50-60-62(71-43-53-29-13-3-14-30-53)64(73-45-55-33-17-5-18-34-55)65(74-46-56-35-19-6-20-36-56)67(79-60)76-48-58-39-23-8-24-40-58/h1-40,59-68H,41-50H2/t59-,60-,61-,62+,63+,64+,65-,66-,67+,68-/m1/s1. The molecule has 2 saturated heterocycles. The summed E-state index contributed by atoms with van der Waals surface area (Å²) in [6.45, 7) is 2.38. The highest BCUT2D eigenvalue weighted by Gasteiger charge is 2.52. The second kappa shape index (κ2) is 30.1. The quantitative estimate of drug-likeness (QED) is 0.0469. The van der Waals surface area contributed by atoms with E-state index in [9.17, 15) is 0 Å². The van der Waals surface area contributed by atoms with Gasteiger partial charge in [-0.2, -0.15) is 0 Å². The van der Waals surface area contributed by atoms with Crippen molar-refractivity contribution in [3.8, 4) is 0 Å². The van der Waals surface area contributed by atoms with Crippen LogP contribution in [0.5, 0.6) is 0 Å². The van der Waals surface area contributed by atoms with Crippen LogP contribution in [-0.4, -0.2) is 74.6 Å². The van der Waals surface area contributed by atoms with Crippen LogP contribution in [0, 0.1) is 0 Å². The Morgan fingerprint density at radius 3 is 0.747 bits per heavy atom. The fourth-order valence-electron chi connectivity index (χ4n) is 9.84. The number of ether oxygens (including phenoxy) is 11. The summed E-state index contributed by atoms with van der Waals surface area (Å²) in [4.78, 5) is 0. The summed E-state index contributed by atoms with van der Waals surface area (Å²) >= 11 is 0. The summed E-state index contributed by atoms with van der Waals surface area (Å²) in [5.74, 6) is 0. The molecule has 10 atom stereocenters. The zero-order valence-electron chi connectivity index (χ0n) is 44.4. The van der Waals surface area contributed by atoms with E-state index in [4.69, 9.17) is 52.1 Å². The number of benzene rings is 8. The van der Waals surface area contributed by atoms with Crippen molar-refractivity contribution in [3.05, 3.63) is 287 Å². The molecule has 11 heteroatoms. The van der Waals surface area contributed by atoms with E-state index >= 15 is 0 Å². The molecule has 2 fully saturated rings. The summed E-state index contributed by atoms with van der Waals surface area (Å²) in [5.41, 5.74) is 7.95. The Morgan fingerprint density at radius 2 is 0.443 bits per heavy atom. The molecule has 8 aromatic carbocycles. The van der Waals surface area contributed by atoms with Gasteiger partial charge in [-0.05, 0) is 44.5 Å². The predicted octanol–water partition coefficient (Wildman–Crippen LogP) is 12.4. The van der Waals surface area contributed by atoms with Crippen LogP contribution >= 0.6 is 0 Å². The van der Waals surface area contributed by atoms with E-state index in [1.807, 2.05) is 243 Å². The molecule has 0 aromatic heterocycles. The smallest absolute Gasteiger partial charge is 0.187 e. The topological polar surface area (TPSA) is 102 Å². The van der Waals surface area contributed by atoms with Crippen LogP contribution in [0.15, 0.2) is 243 Å². The number of hydrogen-bond acceptors (Lipinski definition) is 11. The SMILES string of the molecule is c1ccc(COC[C@H]2O[C@@H](OC[C@H]3O[C@H](OCc4ccccc4)[C@H](OCc4ccccc4)[C@@H](OCc4ccccc4)[C@H]3OCc3ccccc3)[C@H](OCc3ccccc3)[C@@H](OCc3ccccc3)[C@@H]2OCc2ccccc2)cc1. The third-order valence-electron chi connectivity index (χ3n) is 14.0. The fourth-order valence-corrected chi connectivity index (χ4v) is 9.84. The van der Waals surface area contributed by atoms with Crippen molar-refractivity contribution in [3.63, 3.8) is 0 Å². The van der Waals surface area contributed by atoms with Gasteiger partial charge in [-0.15, -0.1) is 0 Å². The molecule has 0 radical (unpaired) electrons. The van der Waals surface area contributed by atoms with Crippen LogP contribution < -0.4 is 0 Å². The first-order valence-corrected chi connectivity index (χ1v) is 27.3. The van der Waals surface area contributed by atoms with Gasteiger partial charge in [-0.3, -0.25) is 0 Å². The van der Waals surface area contributed by atoms with Gasteiger partial charge in [0.25, 0.3) is 0 Å². The van der Waals surface area contributed by atoms with E-state index in [-0.39, 0.29) is 52.9 Å². The number of hydrogen-bond donors (Lipinski definition) is 0. The molecule has 0 aliphatic carbocycles. The molecular formula is C68H70O11.